The van der Waals surface area contributed by atoms with Gasteiger partial charge in [-0.05, 0) is 12.0 Å². The van der Waals surface area contributed by atoms with Crippen LogP contribution in [-0.4, -0.2) is 73.7 Å². The molecule has 3 rings (SSSR count). The molecule has 0 unspecified atom stereocenters. The first-order chi connectivity index (χ1) is 14.3. The summed E-state index contributed by atoms with van der Waals surface area (Å²) in [5.41, 5.74) is 0.696. The van der Waals surface area contributed by atoms with E-state index < -0.39 is 54.6 Å². The molecule has 1 fully saturated rings. The van der Waals surface area contributed by atoms with Gasteiger partial charge in [-0.25, -0.2) is 0 Å². The number of Topliss-reactive ketones (excluding diaryl/α,β-unsaturated/α-hetero) is 1. The SMILES string of the molecule is O=C(CCc1ccccc1)c1c(O)cc(O)cc1O[C@@H]1O[C@H](CO)[C@H](O)[C@H](O)[C@H]1O. The van der Waals surface area contributed by atoms with Crippen LogP contribution in [0.4, 0.5) is 0 Å². The minimum absolute atomic E-state index is 0.0351. The Morgan fingerprint density at radius 3 is 2.37 bits per heavy atom. The Morgan fingerprint density at radius 1 is 1.00 bits per heavy atom. The van der Waals surface area contributed by atoms with Gasteiger partial charge in [0.25, 0.3) is 0 Å². The predicted molar refractivity (Wildman–Crippen MR) is 103 cm³/mol. The van der Waals surface area contributed by atoms with Gasteiger partial charge in [-0.3, -0.25) is 4.79 Å². The number of aryl methyl sites for hydroxylation is 1. The maximum absolute atomic E-state index is 12.8. The number of hydrogen-bond donors (Lipinski definition) is 6. The van der Waals surface area contributed by atoms with Crippen molar-refractivity contribution >= 4 is 5.78 Å². The van der Waals surface area contributed by atoms with Crippen LogP contribution >= 0.6 is 0 Å². The Morgan fingerprint density at radius 2 is 1.70 bits per heavy atom. The molecule has 1 aliphatic heterocycles. The number of benzene rings is 2. The second-order valence-corrected chi connectivity index (χ2v) is 7.06. The van der Waals surface area contributed by atoms with Gasteiger partial charge in [-0.15, -0.1) is 0 Å². The first kappa shape index (κ1) is 22.0. The first-order valence-electron chi connectivity index (χ1n) is 9.42. The number of rotatable bonds is 7. The van der Waals surface area contributed by atoms with Crippen LogP contribution in [-0.2, 0) is 11.2 Å². The second-order valence-electron chi connectivity index (χ2n) is 7.06. The Hall–Kier alpha value is -2.69. The van der Waals surface area contributed by atoms with E-state index in [-0.39, 0.29) is 17.7 Å². The predicted octanol–water partition coefficient (Wildman–Crippen LogP) is 0.0920. The van der Waals surface area contributed by atoms with Gasteiger partial charge < -0.3 is 40.1 Å². The number of ether oxygens (including phenoxy) is 2. The summed E-state index contributed by atoms with van der Waals surface area (Å²) in [6.07, 6.45) is -7.30. The number of phenols is 2. The maximum atomic E-state index is 12.8. The minimum atomic E-state index is -1.71. The molecule has 2 aromatic carbocycles. The molecule has 0 aromatic heterocycles. The van der Waals surface area contributed by atoms with E-state index in [2.05, 4.69) is 0 Å². The van der Waals surface area contributed by atoms with Crippen molar-refractivity contribution in [2.24, 2.45) is 0 Å². The number of carbonyl (C=O) groups excluding carboxylic acids is 1. The fraction of sp³-hybridized carbons (Fsp3) is 0.381. The molecule has 5 atom stereocenters. The van der Waals surface area contributed by atoms with Gasteiger partial charge in [0.1, 0.15) is 47.2 Å². The van der Waals surface area contributed by atoms with Gasteiger partial charge in [0.05, 0.1) is 6.61 Å². The van der Waals surface area contributed by atoms with E-state index in [9.17, 15) is 35.4 Å². The number of phenolic OH excluding ortho intramolecular Hbond substituents is 2. The number of carbonyl (C=O) groups is 1. The topological polar surface area (TPSA) is 157 Å². The molecule has 9 heteroatoms. The summed E-state index contributed by atoms with van der Waals surface area (Å²) >= 11 is 0. The van der Waals surface area contributed by atoms with Crippen molar-refractivity contribution in [3.63, 3.8) is 0 Å². The molecule has 1 aliphatic rings. The van der Waals surface area contributed by atoms with E-state index in [0.29, 0.717) is 6.42 Å². The molecule has 6 N–H and O–H groups in total. The summed E-state index contributed by atoms with van der Waals surface area (Å²) in [5, 5.41) is 59.3. The lowest BCUT2D eigenvalue weighted by Crippen LogP contribution is -2.60. The van der Waals surface area contributed by atoms with E-state index in [4.69, 9.17) is 9.47 Å². The highest BCUT2D eigenvalue weighted by Gasteiger charge is 2.45. The van der Waals surface area contributed by atoms with E-state index in [1.807, 2.05) is 30.3 Å². The lowest BCUT2D eigenvalue weighted by molar-refractivity contribution is -0.277. The van der Waals surface area contributed by atoms with Gasteiger partial charge in [0, 0.05) is 18.6 Å². The molecule has 2 aromatic rings. The molecular weight excluding hydrogens is 396 g/mol. The van der Waals surface area contributed by atoms with E-state index in [0.717, 1.165) is 17.7 Å². The lowest BCUT2D eigenvalue weighted by atomic mass is 9.99. The van der Waals surface area contributed by atoms with Crippen molar-refractivity contribution in [2.75, 3.05) is 6.61 Å². The Kier molecular flexibility index (Phi) is 6.91. The quantitative estimate of drug-likeness (QED) is 0.342. The number of aliphatic hydroxyl groups is 4. The van der Waals surface area contributed by atoms with Gasteiger partial charge >= 0.3 is 0 Å². The number of aliphatic hydroxyl groups excluding tert-OH is 4. The molecule has 0 bridgehead atoms. The van der Waals surface area contributed by atoms with Crippen molar-refractivity contribution in [1.29, 1.82) is 0 Å². The summed E-state index contributed by atoms with van der Waals surface area (Å²) in [7, 11) is 0. The van der Waals surface area contributed by atoms with E-state index >= 15 is 0 Å². The summed E-state index contributed by atoms with van der Waals surface area (Å²) < 4.78 is 10.8. The van der Waals surface area contributed by atoms with Crippen molar-refractivity contribution in [3.05, 3.63) is 53.6 Å². The first-order valence-corrected chi connectivity index (χ1v) is 9.42. The van der Waals surface area contributed by atoms with Gasteiger partial charge in [0.15, 0.2) is 5.78 Å². The van der Waals surface area contributed by atoms with Gasteiger partial charge in [-0.1, -0.05) is 30.3 Å². The summed E-state index contributed by atoms with van der Waals surface area (Å²) in [6, 6.07) is 11.3. The summed E-state index contributed by atoms with van der Waals surface area (Å²) in [6.45, 7) is -0.654. The Bertz CT molecular complexity index is 868. The largest absolute Gasteiger partial charge is 0.508 e. The van der Waals surface area contributed by atoms with Crippen LogP contribution in [0.3, 0.4) is 0 Å². The summed E-state index contributed by atoms with van der Waals surface area (Å²) in [5.74, 6) is -1.66. The van der Waals surface area contributed by atoms with Gasteiger partial charge in [0.2, 0.25) is 6.29 Å². The van der Waals surface area contributed by atoms with Crippen LogP contribution in [0, 0.1) is 0 Å². The third kappa shape index (κ3) is 4.72. The highest BCUT2D eigenvalue weighted by molar-refractivity contribution is 6.01. The highest BCUT2D eigenvalue weighted by Crippen LogP contribution is 2.36. The Labute approximate surface area is 172 Å². The van der Waals surface area contributed by atoms with E-state index in [1.165, 1.54) is 0 Å². The van der Waals surface area contributed by atoms with Crippen LogP contribution in [0.2, 0.25) is 0 Å². The average Bonchev–Trinajstić information content (AvgIpc) is 2.72. The monoisotopic (exact) mass is 420 g/mol. The van der Waals surface area contributed by atoms with Crippen LogP contribution in [0.25, 0.3) is 0 Å². The van der Waals surface area contributed by atoms with Crippen molar-refractivity contribution in [2.45, 2.75) is 43.5 Å². The van der Waals surface area contributed by atoms with E-state index in [1.54, 1.807) is 0 Å². The Balaban J connectivity index is 1.83. The molecule has 0 amide bonds. The average molecular weight is 420 g/mol. The van der Waals surface area contributed by atoms with Crippen LogP contribution in [0.15, 0.2) is 42.5 Å². The summed E-state index contributed by atoms with van der Waals surface area (Å²) in [4.78, 5) is 12.8. The molecule has 162 valence electrons. The van der Waals surface area contributed by atoms with Crippen LogP contribution in [0.1, 0.15) is 22.3 Å². The van der Waals surface area contributed by atoms with Crippen LogP contribution < -0.4 is 4.74 Å². The zero-order chi connectivity index (χ0) is 21.8. The van der Waals surface area contributed by atoms with Crippen molar-refractivity contribution in [1.82, 2.24) is 0 Å². The fourth-order valence-electron chi connectivity index (χ4n) is 3.28. The second kappa shape index (κ2) is 9.41. The molecule has 30 heavy (non-hydrogen) atoms. The van der Waals surface area contributed by atoms with Crippen LogP contribution in [0.5, 0.6) is 17.2 Å². The molecular formula is C21H24O9. The minimum Gasteiger partial charge on any atom is -0.508 e. The molecule has 1 saturated heterocycles. The molecule has 0 spiro atoms. The zero-order valence-electron chi connectivity index (χ0n) is 16.0. The number of ketones is 1. The lowest BCUT2D eigenvalue weighted by Gasteiger charge is -2.39. The molecule has 1 heterocycles. The zero-order valence-corrected chi connectivity index (χ0v) is 16.0. The molecule has 9 nitrogen and oxygen atoms in total. The number of aromatic hydroxyl groups is 2. The maximum Gasteiger partial charge on any atom is 0.229 e. The standard InChI is InChI=1S/C21H24O9/c22-10-16-18(26)19(27)20(28)21(30-16)29-15-9-12(23)8-14(25)17(15)13(24)7-6-11-4-2-1-3-5-11/h1-5,8-9,16,18-23,25-28H,6-7,10H2/t16-,18+,19+,20-,21-/m1/s1. The third-order valence-corrected chi connectivity index (χ3v) is 4.92. The highest BCUT2D eigenvalue weighted by atomic mass is 16.7. The molecule has 0 radical (unpaired) electrons. The normalized spacial score (nSPS) is 26.3. The fourth-order valence-corrected chi connectivity index (χ4v) is 3.28. The van der Waals surface area contributed by atoms with Crippen molar-refractivity contribution in [3.8, 4) is 17.2 Å². The molecule has 0 aliphatic carbocycles. The number of hydrogen-bond acceptors (Lipinski definition) is 9. The van der Waals surface area contributed by atoms with Crippen molar-refractivity contribution < 1.29 is 44.9 Å². The molecule has 0 saturated carbocycles. The van der Waals surface area contributed by atoms with Gasteiger partial charge in [-0.2, -0.15) is 0 Å². The smallest absolute Gasteiger partial charge is 0.229 e. The third-order valence-electron chi connectivity index (χ3n) is 4.92.